The van der Waals surface area contributed by atoms with Gasteiger partial charge in [0.25, 0.3) is 0 Å². The molecular formula is C15H18N4O. The fourth-order valence-corrected chi connectivity index (χ4v) is 2.07. The van der Waals surface area contributed by atoms with Crippen molar-refractivity contribution in [2.24, 2.45) is 7.05 Å². The van der Waals surface area contributed by atoms with Crippen molar-refractivity contribution < 1.29 is 4.74 Å². The lowest BCUT2D eigenvalue weighted by molar-refractivity contribution is 0.407. The van der Waals surface area contributed by atoms with Crippen LogP contribution in [0.15, 0.2) is 30.5 Å². The SMILES string of the molecule is COc1ccc(C#N)cc1CNCCc1ccnn1C. The van der Waals surface area contributed by atoms with Crippen molar-refractivity contribution in [3.05, 3.63) is 47.3 Å². The van der Waals surface area contributed by atoms with Crippen LogP contribution in [-0.4, -0.2) is 23.4 Å². The molecule has 0 aliphatic rings. The molecule has 5 heteroatoms. The molecule has 0 saturated carbocycles. The first-order valence-electron chi connectivity index (χ1n) is 6.49. The Morgan fingerprint density at radius 3 is 2.90 bits per heavy atom. The molecule has 1 aromatic heterocycles. The molecule has 0 saturated heterocycles. The Hall–Kier alpha value is -2.32. The molecule has 1 aromatic carbocycles. The van der Waals surface area contributed by atoms with Crippen molar-refractivity contribution in [1.82, 2.24) is 15.1 Å². The van der Waals surface area contributed by atoms with Crippen LogP contribution in [-0.2, 0) is 20.0 Å². The Labute approximate surface area is 118 Å². The van der Waals surface area contributed by atoms with Crippen LogP contribution in [0.3, 0.4) is 0 Å². The van der Waals surface area contributed by atoms with Crippen molar-refractivity contribution in [1.29, 1.82) is 5.26 Å². The predicted octanol–water partition coefficient (Wildman–Crippen LogP) is 1.63. The number of benzene rings is 1. The van der Waals surface area contributed by atoms with Gasteiger partial charge in [-0.3, -0.25) is 4.68 Å². The number of nitrogens with zero attached hydrogens (tertiary/aromatic N) is 3. The Kier molecular flexibility index (Phi) is 4.75. The Morgan fingerprint density at radius 1 is 1.40 bits per heavy atom. The van der Waals surface area contributed by atoms with Crippen LogP contribution in [0.25, 0.3) is 0 Å². The minimum absolute atomic E-state index is 0.647. The van der Waals surface area contributed by atoms with Crippen LogP contribution in [0.2, 0.25) is 0 Å². The van der Waals surface area contributed by atoms with Gasteiger partial charge in [-0.2, -0.15) is 10.4 Å². The van der Waals surface area contributed by atoms with E-state index in [1.807, 2.05) is 29.9 Å². The lowest BCUT2D eigenvalue weighted by Gasteiger charge is -2.10. The summed E-state index contributed by atoms with van der Waals surface area (Å²) in [6.07, 6.45) is 2.71. The van der Waals surface area contributed by atoms with Gasteiger partial charge in [0.15, 0.2) is 0 Å². The molecule has 2 rings (SSSR count). The molecule has 0 aliphatic heterocycles. The highest BCUT2D eigenvalue weighted by atomic mass is 16.5. The van der Waals surface area contributed by atoms with E-state index in [1.54, 1.807) is 19.4 Å². The molecule has 5 nitrogen and oxygen atoms in total. The van der Waals surface area contributed by atoms with Crippen molar-refractivity contribution >= 4 is 0 Å². The zero-order chi connectivity index (χ0) is 14.4. The van der Waals surface area contributed by atoms with E-state index in [4.69, 9.17) is 10.00 Å². The van der Waals surface area contributed by atoms with E-state index in [-0.39, 0.29) is 0 Å². The molecule has 0 aliphatic carbocycles. The lowest BCUT2D eigenvalue weighted by Crippen LogP contribution is -2.18. The fourth-order valence-electron chi connectivity index (χ4n) is 2.07. The lowest BCUT2D eigenvalue weighted by atomic mass is 10.1. The predicted molar refractivity (Wildman–Crippen MR) is 76.3 cm³/mol. The molecular weight excluding hydrogens is 252 g/mol. The fraction of sp³-hybridized carbons (Fsp3) is 0.333. The summed E-state index contributed by atoms with van der Waals surface area (Å²) < 4.78 is 7.18. The topological polar surface area (TPSA) is 62.9 Å². The summed E-state index contributed by atoms with van der Waals surface area (Å²) in [7, 11) is 3.58. The van der Waals surface area contributed by atoms with Crippen molar-refractivity contribution in [3.63, 3.8) is 0 Å². The summed E-state index contributed by atoms with van der Waals surface area (Å²) in [5, 5.41) is 16.4. The summed E-state index contributed by atoms with van der Waals surface area (Å²) in [6.45, 7) is 1.52. The van der Waals surface area contributed by atoms with E-state index in [9.17, 15) is 0 Å². The smallest absolute Gasteiger partial charge is 0.123 e. The summed E-state index contributed by atoms with van der Waals surface area (Å²) in [6, 6.07) is 9.61. The first-order chi connectivity index (χ1) is 9.74. The van der Waals surface area contributed by atoms with Gasteiger partial charge in [0.05, 0.1) is 18.7 Å². The van der Waals surface area contributed by atoms with E-state index in [0.717, 1.165) is 24.3 Å². The Morgan fingerprint density at radius 2 is 2.25 bits per heavy atom. The van der Waals surface area contributed by atoms with E-state index < -0.39 is 0 Å². The number of methoxy groups -OCH3 is 1. The summed E-state index contributed by atoms with van der Waals surface area (Å²) >= 11 is 0. The van der Waals surface area contributed by atoms with Crippen LogP contribution in [0.4, 0.5) is 0 Å². The van der Waals surface area contributed by atoms with E-state index in [0.29, 0.717) is 12.1 Å². The summed E-state index contributed by atoms with van der Waals surface area (Å²) in [4.78, 5) is 0. The van der Waals surface area contributed by atoms with Crippen LogP contribution in [0.1, 0.15) is 16.8 Å². The second-order valence-electron chi connectivity index (χ2n) is 4.51. The molecule has 1 heterocycles. The third kappa shape index (κ3) is 3.37. The van der Waals surface area contributed by atoms with Gasteiger partial charge in [-0.05, 0) is 24.3 Å². The number of aryl methyl sites for hydroxylation is 1. The van der Waals surface area contributed by atoms with E-state index >= 15 is 0 Å². The van der Waals surface area contributed by atoms with Crippen LogP contribution in [0.5, 0.6) is 5.75 Å². The molecule has 0 amide bonds. The third-order valence-corrected chi connectivity index (χ3v) is 3.21. The van der Waals surface area contributed by atoms with Gasteiger partial charge in [-0.15, -0.1) is 0 Å². The number of ether oxygens (including phenoxy) is 1. The number of aromatic nitrogens is 2. The molecule has 0 spiro atoms. The first-order valence-corrected chi connectivity index (χ1v) is 6.49. The summed E-state index contributed by atoms with van der Waals surface area (Å²) in [5.41, 5.74) is 2.83. The zero-order valence-corrected chi connectivity index (χ0v) is 11.8. The molecule has 104 valence electrons. The quantitative estimate of drug-likeness (QED) is 0.810. The highest BCUT2D eigenvalue weighted by Gasteiger charge is 2.04. The average Bonchev–Trinajstić information content (AvgIpc) is 2.88. The molecule has 0 bridgehead atoms. The Balaban J connectivity index is 1.90. The second kappa shape index (κ2) is 6.73. The second-order valence-corrected chi connectivity index (χ2v) is 4.51. The highest BCUT2D eigenvalue weighted by Crippen LogP contribution is 2.19. The van der Waals surface area contributed by atoms with Crippen molar-refractivity contribution in [2.75, 3.05) is 13.7 Å². The zero-order valence-electron chi connectivity index (χ0n) is 11.8. The standard InChI is InChI=1S/C15H18N4O/c1-19-14(6-8-18-19)5-7-17-11-13-9-12(10-16)3-4-15(13)20-2/h3-4,6,8-9,17H,5,7,11H2,1-2H3. The van der Waals surface area contributed by atoms with Gasteiger partial charge in [-0.25, -0.2) is 0 Å². The maximum atomic E-state index is 8.93. The molecule has 20 heavy (non-hydrogen) atoms. The molecule has 1 N–H and O–H groups in total. The van der Waals surface area contributed by atoms with Crippen molar-refractivity contribution in [3.8, 4) is 11.8 Å². The monoisotopic (exact) mass is 270 g/mol. The van der Waals surface area contributed by atoms with Crippen LogP contribution >= 0.6 is 0 Å². The normalized spacial score (nSPS) is 10.2. The van der Waals surface area contributed by atoms with Gasteiger partial charge in [0.1, 0.15) is 5.75 Å². The molecule has 0 radical (unpaired) electrons. The van der Waals surface area contributed by atoms with Gasteiger partial charge in [0.2, 0.25) is 0 Å². The molecule has 0 fully saturated rings. The minimum atomic E-state index is 0.647. The summed E-state index contributed by atoms with van der Waals surface area (Å²) in [5.74, 6) is 0.803. The number of hydrogen-bond acceptors (Lipinski definition) is 4. The first kappa shape index (κ1) is 14.1. The largest absolute Gasteiger partial charge is 0.496 e. The van der Waals surface area contributed by atoms with E-state index in [2.05, 4.69) is 16.5 Å². The molecule has 0 atom stereocenters. The average molecular weight is 270 g/mol. The number of nitriles is 1. The third-order valence-electron chi connectivity index (χ3n) is 3.21. The molecule has 2 aromatic rings. The number of hydrogen-bond donors (Lipinski definition) is 1. The Bertz CT molecular complexity index is 613. The molecule has 0 unspecified atom stereocenters. The van der Waals surface area contributed by atoms with Gasteiger partial charge in [-0.1, -0.05) is 0 Å². The maximum absolute atomic E-state index is 8.93. The van der Waals surface area contributed by atoms with Gasteiger partial charge < -0.3 is 10.1 Å². The maximum Gasteiger partial charge on any atom is 0.123 e. The number of nitrogens with one attached hydrogen (secondary N) is 1. The van der Waals surface area contributed by atoms with Crippen LogP contribution in [0, 0.1) is 11.3 Å². The van der Waals surface area contributed by atoms with Gasteiger partial charge >= 0.3 is 0 Å². The van der Waals surface area contributed by atoms with E-state index in [1.165, 1.54) is 5.69 Å². The number of rotatable bonds is 6. The van der Waals surface area contributed by atoms with Gasteiger partial charge in [0, 0.05) is 44.0 Å². The van der Waals surface area contributed by atoms with Crippen LogP contribution < -0.4 is 10.1 Å². The minimum Gasteiger partial charge on any atom is -0.496 e. The highest BCUT2D eigenvalue weighted by molar-refractivity contribution is 5.41. The van der Waals surface area contributed by atoms with Crippen molar-refractivity contribution in [2.45, 2.75) is 13.0 Å².